The summed E-state index contributed by atoms with van der Waals surface area (Å²) in [5, 5.41) is 9.49. The zero-order valence-corrected chi connectivity index (χ0v) is 13.8. The zero-order valence-electron chi connectivity index (χ0n) is 13.8. The number of piperidine rings is 1. The number of ether oxygens (including phenoxy) is 1. The Labute approximate surface area is 142 Å². The van der Waals surface area contributed by atoms with Crippen LogP contribution in [0.1, 0.15) is 19.3 Å². The Morgan fingerprint density at radius 3 is 2.64 bits per heavy atom. The van der Waals surface area contributed by atoms with Crippen molar-refractivity contribution in [3.63, 3.8) is 0 Å². The second-order valence-corrected chi connectivity index (χ2v) is 6.67. The fourth-order valence-electron chi connectivity index (χ4n) is 3.52. The summed E-state index contributed by atoms with van der Waals surface area (Å²) in [6.07, 6.45) is -4.00. The van der Waals surface area contributed by atoms with Crippen LogP contribution in [0.15, 0.2) is 0 Å². The van der Waals surface area contributed by atoms with Crippen molar-refractivity contribution in [1.82, 2.24) is 9.80 Å². The van der Waals surface area contributed by atoms with Crippen molar-refractivity contribution < 1.29 is 37.4 Å². The minimum absolute atomic E-state index is 0.0596. The smallest absolute Gasteiger partial charge is 0.406 e. The number of methoxy groups -OCH3 is 1. The Morgan fingerprint density at radius 2 is 2.08 bits per heavy atom. The van der Waals surface area contributed by atoms with Gasteiger partial charge in [0.2, 0.25) is 11.8 Å². The van der Waals surface area contributed by atoms with Gasteiger partial charge >= 0.3 is 12.1 Å². The van der Waals surface area contributed by atoms with Gasteiger partial charge in [0.25, 0.3) is 0 Å². The first-order valence-electron chi connectivity index (χ1n) is 7.93. The predicted octanol–water partition coefficient (Wildman–Crippen LogP) is 0.737. The van der Waals surface area contributed by atoms with Gasteiger partial charge in [-0.2, -0.15) is 13.2 Å². The summed E-state index contributed by atoms with van der Waals surface area (Å²) < 4.78 is 42.4. The highest BCUT2D eigenvalue weighted by atomic mass is 19.4. The molecule has 2 saturated heterocycles. The maximum Gasteiger partial charge on any atom is 0.406 e. The fourth-order valence-corrected chi connectivity index (χ4v) is 3.52. The molecule has 7 nitrogen and oxygen atoms in total. The lowest BCUT2D eigenvalue weighted by Gasteiger charge is -2.40. The number of nitrogens with zero attached hydrogens (tertiary/aromatic N) is 2. The number of carboxylic acid groups (broad SMARTS) is 1. The Morgan fingerprint density at radius 1 is 1.40 bits per heavy atom. The van der Waals surface area contributed by atoms with Gasteiger partial charge in [-0.1, -0.05) is 0 Å². The number of hydrogen-bond acceptors (Lipinski definition) is 4. The van der Waals surface area contributed by atoms with E-state index in [-0.39, 0.29) is 26.1 Å². The molecule has 2 heterocycles. The number of carbonyl (C=O) groups is 3. The van der Waals surface area contributed by atoms with Crippen LogP contribution in [0.3, 0.4) is 0 Å². The predicted molar refractivity (Wildman–Crippen MR) is 78.5 cm³/mol. The van der Waals surface area contributed by atoms with Crippen molar-refractivity contribution in [2.45, 2.75) is 25.4 Å². The summed E-state index contributed by atoms with van der Waals surface area (Å²) in [6.45, 7) is -1.48. The van der Waals surface area contributed by atoms with Gasteiger partial charge in [-0.15, -0.1) is 0 Å². The molecule has 0 aromatic rings. The van der Waals surface area contributed by atoms with Crippen LogP contribution < -0.4 is 0 Å². The van der Waals surface area contributed by atoms with Crippen LogP contribution in [0.5, 0.6) is 0 Å². The number of likely N-dealkylation sites (tertiary alicyclic amines) is 2. The minimum atomic E-state index is -4.52. The van der Waals surface area contributed by atoms with E-state index in [4.69, 9.17) is 4.74 Å². The maximum atomic E-state index is 12.6. The molecule has 10 heteroatoms. The summed E-state index contributed by atoms with van der Waals surface area (Å²) in [7, 11) is 1.37. The Hall–Kier alpha value is -1.84. The summed E-state index contributed by atoms with van der Waals surface area (Å²) >= 11 is 0. The van der Waals surface area contributed by atoms with E-state index >= 15 is 0 Å². The maximum absolute atomic E-state index is 12.6. The molecule has 0 aromatic heterocycles. The molecule has 1 N–H and O–H groups in total. The number of carboxylic acids is 1. The average molecular weight is 366 g/mol. The number of rotatable bonds is 5. The first-order chi connectivity index (χ1) is 11.6. The average Bonchev–Trinajstić information content (AvgIpc) is 2.86. The fraction of sp³-hybridized carbons (Fsp3) is 0.800. The van der Waals surface area contributed by atoms with Crippen LogP contribution in [0.25, 0.3) is 0 Å². The van der Waals surface area contributed by atoms with Crippen LogP contribution >= 0.6 is 0 Å². The molecule has 25 heavy (non-hydrogen) atoms. The third kappa shape index (κ3) is 4.42. The van der Waals surface area contributed by atoms with E-state index in [1.54, 1.807) is 0 Å². The van der Waals surface area contributed by atoms with Crippen molar-refractivity contribution in [2.75, 3.05) is 39.9 Å². The molecule has 2 fully saturated rings. The van der Waals surface area contributed by atoms with E-state index in [1.165, 1.54) is 12.0 Å². The number of aliphatic carboxylic acids is 1. The molecule has 0 radical (unpaired) electrons. The lowest BCUT2D eigenvalue weighted by molar-refractivity contribution is -0.160. The third-order valence-electron chi connectivity index (χ3n) is 4.70. The van der Waals surface area contributed by atoms with Crippen molar-refractivity contribution in [2.24, 2.45) is 11.3 Å². The van der Waals surface area contributed by atoms with Crippen LogP contribution in [0, 0.1) is 11.3 Å². The molecule has 2 rings (SSSR count). The van der Waals surface area contributed by atoms with Crippen LogP contribution in [0.2, 0.25) is 0 Å². The highest BCUT2D eigenvalue weighted by molar-refractivity contribution is 5.89. The Kier molecular flexibility index (Phi) is 5.60. The zero-order chi connectivity index (χ0) is 18.8. The van der Waals surface area contributed by atoms with Gasteiger partial charge in [0.1, 0.15) is 12.0 Å². The lowest BCUT2D eigenvalue weighted by atomic mass is 9.80. The molecule has 2 aliphatic rings. The summed E-state index contributed by atoms with van der Waals surface area (Å²) in [4.78, 5) is 37.9. The third-order valence-corrected chi connectivity index (χ3v) is 4.70. The molecule has 0 bridgehead atoms. The van der Waals surface area contributed by atoms with E-state index in [9.17, 15) is 32.7 Å². The second kappa shape index (κ2) is 7.19. The van der Waals surface area contributed by atoms with Gasteiger partial charge in [0, 0.05) is 33.2 Å². The molecule has 0 spiro atoms. The Balaban J connectivity index is 2.05. The molecule has 2 atom stereocenters. The second-order valence-electron chi connectivity index (χ2n) is 6.67. The van der Waals surface area contributed by atoms with Gasteiger partial charge < -0.3 is 19.6 Å². The van der Waals surface area contributed by atoms with Gasteiger partial charge in [0.05, 0.1) is 12.5 Å². The topological polar surface area (TPSA) is 87.1 Å². The largest absolute Gasteiger partial charge is 0.481 e. The van der Waals surface area contributed by atoms with Crippen molar-refractivity contribution in [3.8, 4) is 0 Å². The molecule has 0 aliphatic carbocycles. The Bertz CT molecular complexity index is 550. The standard InChI is InChI=1S/C15H21F3N2O5/c1-25-9-14(13(23)24)3-2-4-19(7-14)12(22)10-5-11(21)20(6-10)8-15(16,17)18/h10H,2-9H2,1H3,(H,23,24). The molecule has 0 saturated carbocycles. The van der Waals surface area contributed by atoms with E-state index in [0.29, 0.717) is 24.3 Å². The first-order valence-corrected chi connectivity index (χ1v) is 7.93. The minimum Gasteiger partial charge on any atom is -0.481 e. The molecule has 2 unspecified atom stereocenters. The van der Waals surface area contributed by atoms with Crippen molar-refractivity contribution >= 4 is 17.8 Å². The van der Waals surface area contributed by atoms with E-state index in [1.807, 2.05) is 0 Å². The number of hydrogen-bond donors (Lipinski definition) is 1. The number of halogens is 3. The molecule has 2 aliphatic heterocycles. The number of alkyl halides is 3. The van der Waals surface area contributed by atoms with Crippen LogP contribution in [0.4, 0.5) is 13.2 Å². The van der Waals surface area contributed by atoms with E-state index in [0.717, 1.165) is 0 Å². The highest BCUT2D eigenvalue weighted by Gasteiger charge is 2.47. The molecular formula is C15H21F3N2O5. The number of amides is 2. The summed E-state index contributed by atoms with van der Waals surface area (Å²) in [5.74, 6) is -3.14. The van der Waals surface area contributed by atoms with Gasteiger partial charge in [0.15, 0.2) is 0 Å². The number of carbonyl (C=O) groups excluding carboxylic acids is 2. The quantitative estimate of drug-likeness (QED) is 0.775. The van der Waals surface area contributed by atoms with Gasteiger partial charge in [-0.05, 0) is 12.8 Å². The van der Waals surface area contributed by atoms with E-state index in [2.05, 4.69) is 0 Å². The van der Waals surface area contributed by atoms with Crippen LogP contribution in [-0.4, -0.2) is 78.8 Å². The lowest BCUT2D eigenvalue weighted by Crippen LogP contribution is -2.53. The first kappa shape index (κ1) is 19.5. The summed E-state index contributed by atoms with van der Waals surface area (Å²) in [6, 6.07) is 0. The molecule has 142 valence electrons. The van der Waals surface area contributed by atoms with E-state index < -0.39 is 41.8 Å². The molecule has 2 amide bonds. The SMILES string of the molecule is COCC1(C(=O)O)CCCN(C(=O)C2CC(=O)N(CC(F)(F)F)C2)C1. The monoisotopic (exact) mass is 366 g/mol. The molecular weight excluding hydrogens is 345 g/mol. The van der Waals surface area contributed by atoms with Crippen LogP contribution in [-0.2, 0) is 19.1 Å². The van der Waals surface area contributed by atoms with Gasteiger partial charge in [-0.25, -0.2) is 0 Å². The van der Waals surface area contributed by atoms with Crippen molar-refractivity contribution in [1.29, 1.82) is 0 Å². The highest BCUT2D eigenvalue weighted by Crippen LogP contribution is 2.33. The van der Waals surface area contributed by atoms with Gasteiger partial charge in [-0.3, -0.25) is 14.4 Å². The summed E-state index contributed by atoms with van der Waals surface area (Å²) in [5.41, 5.74) is -1.23. The van der Waals surface area contributed by atoms with Crippen molar-refractivity contribution in [3.05, 3.63) is 0 Å². The molecule has 0 aromatic carbocycles. The normalized spacial score (nSPS) is 27.7.